The molecule has 0 fully saturated rings. The molecule has 45 heavy (non-hydrogen) atoms. The summed E-state index contributed by atoms with van der Waals surface area (Å²) in [6.45, 7) is 0. The minimum Gasteiger partial charge on any atom is -0.456 e. The van der Waals surface area contributed by atoms with Gasteiger partial charge in [0.05, 0.1) is 11.0 Å². The van der Waals surface area contributed by atoms with Gasteiger partial charge < -0.3 is 4.42 Å². The lowest BCUT2D eigenvalue weighted by Gasteiger charge is -2.14. The van der Waals surface area contributed by atoms with Crippen molar-refractivity contribution < 1.29 is 8.81 Å². The number of imidazole rings is 1. The number of aromatic nitrogens is 4. The van der Waals surface area contributed by atoms with E-state index in [4.69, 9.17) is 9.40 Å². The van der Waals surface area contributed by atoms with Crippen molar-refractivity contribution >= 4 is 71.2 Å². The predicted octanol–water partition coefficient (Wildman–Crippen LogP) is 10.1. The Morgan fingerprint density at radius 2 is 1.36 bits per heavy atom. The van der Waals surface area contributed by atoms with E-state index in [0.717, 1.165) is 76.9 Å². The highest BCUT2D eigenvalue weighted by atomic mass is 19.1. The molecule has 0 aliphatic heterocycles. The second kappa shape index (κ2) is 9.00. The topological polar surface area (TPSA) is 48.3 Å². The standard InChI is InChI=1S/C39H23FN4O/c40-37(24-14-15-26-27-9-1-3-12-33(27)43-18-17-42-38(43)32(26)20-24)23-7-5-8-25(19-23)44-34-21-31-28-10-2-4-13-35(28)45-36(31)22-30(34)29-11-6-16-41-39(29)44/h1-22,37H. The number of hydrogen-bond acceptors (Lipinski definition) is 3. The van der Waals surface area contributed by atoms with E-state index in [1.54, 1.807) is 12.4 Å². The molecule has 0 spiro atoms. The van der Waals surface area contributed by atoms with Crippen LogP contribution in [0.4, 0.5) is 4.39 Å². The summed E-state index contributed by atoms with van der Waals surface area (Å²) >= 11 is 0. The fourth-order valence-corrected chi connectivity index (χ4v) is 7.08. The number of benzene rings is 5. The van der Waals surface area contributed by atoms with Gasteiger partial charge in [0.1, 0.15) is 22.5 Å². The van der Waals surface area contributed by atoms with Crippen LogP contribution in [0, 0.1) is 0 Å². The summed E-state index contributed by atoms with van der Waals surface area (Å²) < 4.78 is 27.0. The Kier molecular flexibility index (Phi) is 4.89. The average Bonchev–Trinajstić information content (AvgIpc) is 3.81. The van der Waals surface area contributed by atoms with Gasteiger partial charge in [-0.1, -0.05) is 60.7 Å². The third kappa shape index (κ3) is 3.42. The normalized spacial score (nSPS) is 12.9. The van der Waals surface area contributed by atoms with E-state index in [1.807, 2.05) is 85.1 Å². The van der Waals surface area contributed by atoms with Gasteiger partial charge in [-0.3, -0.25) is 8.97 Å². The summed E-state index contributed by atoms with van der Waals surface area (Å²) in [6.07, 6.45) is 4.22. The highest BCUT2D eigenvalue weighted by Crippen LogP contribution is 2.39. The van der Waals surface area contributed by atoms with Crippen LogP contribution in [0.5, 0.6) is 0 Å². The number of hydrogen-bond donors (Lipinski definition) is 0. The Hall–Kier alpha value is -6.01. The highest BCUT2D eigenvalue weighted by molar-refractivity contribution is 6.16. The number of furan rings is 1. The molecule has 10 aromatic rings. The van der Waals surface area contributed by atoms with Crippen LogP contribution in [0.25, 0.3) is 76.9 Å². The molecule has 5 aromatic heterocycles. The Labute approximate surface area is 255 Å². The molecule has 1 atom stereocenters. The monoisotopic (exact) mass is 582 g/mol. The molecule has 6 heteroatoms. The van der Waals surface area contributed by atoms with Crippen molar-refractivity contribution in [1.82, 2.24) is 18.9 Å². The van der Waals surface area contributed by atoms with Crippen molar-refractivity contribution in [2.45, 2.75) is 6.17 Å². The van der Waals surface area contributed by atoms with Gasteiger partial charge in [0.15, 0.2) is 6.17 Å². The van der Waals surface area contributed by atoms with E-state index < -0.39 is 6.17 Å². The van der Waals surface area contributed by atoms with Crippen LogP contribution in [0.2, 0.25) is 0 Å². The first kappa shape index (κ1) is 24.4. The van der Waals surface area contributed by atoms with Crippen molar-refractivity contribution in [2.75, 3.05) is 0 Å². The quantitative estimate of drug-likeness (QED) is 0.195. The zero-order valence-electron chi connectivity index (χ0n) is 23.9. The first-order valence-corrected chi connectivity index (χ1v) is 15.0. The van der Waals surface area contributed by atoms with Crippen LogP contribution >= 0.6 is 0 Å². The lowest BCUT2D eigenvalue weighted by molar-refractivity contribution is 0.402. The third-order valence-corrected chi connectivity index (χ3v) is 9.12. The molecule has 0 aliphatic carbocycles. The molecule has 0 radical (unpaired) electrons. The molecular formula is C39H23FN4O. The number of alkyl halides is 1. The van der Waals surface area contributed by atoms with Gasteiger partial charge in [-0.25, -0.2) is 14.4 Å². The minimum absolute atomic E-state index is 0.577. The minimum atomic E-state index is -1.33. The van der Waals surface area contributed by atoms with Gasteiger partial charge in [0.2, 0.25) is 0 Å². The Balaban J connectivity index is 1.16. The molecular weight excluding hydrogens is 559 g/mol. The second-order valence-corrected chi connectivity index (χ2v) is 11.6. The first-order valence-electron chi connectivity index (χ1n) is 15.0. The molecule has 10 rings (SSSR count). The van der Waals surface area contributed by atoms with Crippen LogP contribution in [-0.2, 0) is 0 Å². The van der Waals surface area contributed by atoms with Crippen molar-refractivity contribution in [1.29, 1.82) is 0 Å². The number of halogens is 1. The second-order valence-electron chi connectivity index (χ2n) is 11.6. The Morgan fingerprint density at radius 1 is 0.533 bits per heavy atom. The van der Waals surface area contributed by atoms with E-state index in [9.17, 15) is 0 Å². The summed E-state index contributed by atoms with van der Waals surface area (Å²) in [5, 5.41) is 7.25. The van der Waals surface area contributed by atoms with Crippen molar-refractivity contribution in [3.05, 3.63) is 145 Å². The molecule has 0 aliphatic rings. The van der Waals surface area contributed by atoms with Gasteiger partial charge in [0, 0.05) is 56.6 Å². The van der Waals surface area contributed by atoms with E-state index >= 15 is 4.39 Å². The van der Waals surface area contributed by atoms with E-state index in [-0.39, 0.29) is 0 Å². The van der Waals surface area contributed by atoms with Crippen LogP contribution in [0.3, 0.4) is 0 Å². The summed E-state index contributed by atoms with van der Waals surface area (Å²) in [6, 6.07) is 38.2. The number of fused-ring (bicyclic) bond motifs is 12. The predicted molar refractivity (Wildman–Crippen MR) is 179 cm³/mol. The molecule has 0 amide bonds. The molecule has 0 saturated carbocycles. The first-order chi connectivity index (χ1) is 22.2. The fourth-order valence-electron chi connectivity index (χ4n) is 7.08. The summed E-state index contributed by atoms with van der Waals surface area (Å²) in [7, 11) is 0. The maximum atomic E-state index is 16.6. The van der Waals surface area contributed by atoms with E-state index in [0.29, 0.717) is 11.1 Å². The largest absolute Gasteiger partial charge is 0.456 e. The number of rotatable bonds is 3. The molecule has 1 unspecified atom stereocenters. The lowest BCUT2D eigenvalue weighted by atomic mass is 9.98. The van der Waals surface area contributed by atoms with Gasteiger partial charge >= 0.3 is 0 Å². The number of pyridine rings is 2. The molecule has 5 heterocycles. The molecule has 0 N–H and O–H groups in total. The number of para-hydroxylation sites is 2. The van der Waals surface area contributed by atoms with E-state index in [2.05, 4.69) is 50.3 Å². The van der Waals surface area contributed by atoms with E-state index in [1.165, 1.54) is 0 Å². The van der Waals surface area contributed by atoms with Crippen molar-refractivity contribution in [3.63, 3.8) is 0 Å². The van der Waals surface area contributed by atoms with Crippen LogP contribution in [0.15, 0.2) is 138 Å². The third-order valence-electron chi connectivity index (χ3n) is 9.12. The van der Waals surface area contributed by atoms with Gasteiger partial charge in [-0.2, -0.15) is 0 Å². The van der Waals surface area contributed by atoms with Gasteiger partial charge in [-0.15, -0.1) is 0 Å². The molecule has 212 valence electrons. The Bertz CT molecular complexity index is 2810. The highest BCUT2D eigenvalue weighted by Gasteiger charge is 2.20. The maximum Gasteiger partial charge on any atom is 0.150 e. The SMILES string of the molecule is FC(c1cccc(-n2c3cc4c(cc3c3cccnc32)oc2ccccc24)c1)c1ccc2c3ccccc3n3ccnc3c2c1. The molecule has 0 saturated heterocycles. The van der Waals surface area contributed by atoms with Crippen LogP contribution in [-0.4, -0.2) is 18.9 Å². The summed E-state index contributed by atoms with van der Waals surface area (Å²) in [5.41, 5.74) is 7.41. The van der Waals surface area contributed by atoms with Crippen molar-refractivity contribution in [2.24, 2.45) is 0 Å². The van der Waals surface area contributed by atoms with Gasteiger partial charge in [-0.05, 0) is 71.1 Å². The summed E-state index contributed by atoms with van der Waals surface area (Å²) in [4.78, 5) is 9.41. The average molecular weight is 583 g/mol. The lowest BCUT2D eigenvalue weighted by Crippen LogP contribution is -2.00. The maximum absolute atomic E-state index is 16.6. The van der Waals surface area contributed by atoms with Crippen LogP contribution in [0.1, 0.15) is 17.3 Å². The van der Waals surface area contributed by atoms with Gasteiger partial charge in [0.25, 0.3) is 0 Å². The molecule has 5 aromatic carbocycles. The van der Waals surface area contributed by atoms with Crippen LogP contribution < -0.4 is 0 Å². The zero-order chi connectivity index (χ0) is 29.6. The zero-order valence-corrected chi connectivity index (χ0v) is 23.9. The van der Waals surface area contributed by atoms with Crippen molar-refractivity contribution in [3.8, 4) is 5.69 Å². The number of nitrogens with zero attached hydrogens (tertiary/aromatic N) is 4. The fraction of sp³-hybridized carbons (Fsp3) is 0.0256. The Morgan fingerprint density at radius 3 is 2.31 bits per heavy atom. The molecule has 5 nitrogen and oxygen atoms in total. The summed E-state index contributed by atoms with van der Waals surface area (Å²) in [5.74, 6) is 0. The smallest absolute Gasteiger partial charge is 0.150 e. The molecule has 0 bridgehead atoms.